The number of aryl methyl sites for hydroxylation is 1. The maximum absolute atomic E-state index is 13.0. The molecular formula is C23H27F2N7O. The molecule has 0 saturated heterocycles. The van der Waals surface area contributed by atoms with Gasteiger partial charge in [0.1, 0.15) is 11.5 Å². The van der Waals surface area contributed by atoms with Crippen LogP contribution >= 0.6 is 0 Å². The fraction of sp³-hybridized carbons (Fsp3) is 0.478. The van der Waals surface area contributed by atoms with E-state index >= 15 is 0 Å². The number of halogens is 2. The van der Waals surface area contributed by atoms with Crippen LogP contribution in [-0.2, 0) is 6.54 Å². The molecule has 4 aromatic heterocycles. The van der Waals surface area contributed by atoms with Crippen LogP contribution in [0, 0.1) is 6.92 Å². The highest BCUT2D eigenvalue weighted by Gasteiger charge is 2.31. The molecule has 4 aromatic rings. The Kier molecular flexibility index (Phi) is 5.48. The number of aliphatic hydroxyl groups is 1. The lowest BCUT2D eigenvalue weighted by atomic mass is 9.80. The predicted molar refractivity (Wildman–Crippen MR) is 122 cm³/mol. The first-order valence-corrected chi connectivity index (χ1v) is 11.3. The van der Waals surface area contributed by atoms with Crippen molar-refractivity contribution in [2.75, 3.05) is 5.32 Å². The van der Waals surface area contributed by atoms with Crippen molar-refractivity contribution in [3.05, 3.63) is 30.5 Å². The highest BCUT2D eigenvalue weighted by Crippen LogP contribution is 2.33. The summed E-state index contributed by atoms with van der Waals surface area (Å²) < 4.78 is 27.6. The third-order valence-electron chi connectivity index (χ3n) is 6.77. The molecular weight excluding hydrogens is 428 g/mol. The molecule has 0 aliphatic heterocycles. The minimum Gasteiger partial charge on any atom is -0.390 e. The molecule has 1 aliphatic carbocycles. The molecule has 0 atom stereocenters. The van der Waals surface area contributed by atoms with Crippen molar-refractivity contribution in [2.45, 2.75) is 70.6 Å². The number of rotatable bonds is 6. The van der Waals surface area contributed by atoms with Gasteiger partial charge in [0.05, 0.1) is 17.7 Å². The number of H-pyrrole nitrogens is 1. The van der Waals surface area contributed by atoms with Gasteiger partial charge >= 0.3 is 0 Å². The molecule has 0 amide bonds. The summed E-state index contributed by atoms with van der Waals surface area (Å²) in [6, 6.07) is 2.06. The minimum atomic E-state index is -2.47. The zero-order chi connectivity index (χ0) is 23.2. The van der Waals surface area contributed by atoms with Crippen molar-refractivity contribution in [1.82, 2.24) is 29.5 Å². The van der Waals surface area contributed by atoms with E-state index in [4.69, 9.17) is 0 Å². The minimum absolute atomic E-state index is 0.230. The number of nitrogens with zero attached hydrogens (tertiary/aromatic N) is 5. The zero-order valence-corrected chi connectivity index (χ0v) is 18.6. The zero-order valence-electron chi connectivity index (χ0n) is 18.6. The molecule has 3 N–H and O–H groups in total. The lowest BCUT2D eigenvalue weighted by Crippen LogP contribution is -2.38. The summed E-state index contributed by atoms with van der Waals surface area (Å²) >= 11 is 0. The second-order valence-electron chi connectivity index (χ2n) is 8.88. The highest BCUT2D eigenvalue weighted by molar-refractivity contribution is 5.95. The molecule has 1 aliphatic rings. The van der Waals surface area contributed by atoms with E-state index in [2.05, 4.69) is 30.2 Å². The van der Waals surface area contributed by atoms with E-state index in [0.717, 1.165) is 48.6 Å². The van der Waals surface area contributed by atoms with Crippen LogP contribution in [0.4, 0.5) is 14.7 Å². The van der Waals surface area contributed by atoms with Gasteiger partial charge in [-0.15, -0.1) is 0 Å². The molecule has 0 spiro atoms. The number of hydrogen-bond acceptors (Lipinski definition) is 6. The number of fused-ring (bicyclic) bond motifs is 2. The average molecular weight is 456 g/mol. The number of hydrogen-bond donors (Lipinski definition) is 3. The fourth-order valence-corrected chi connectivity index (χ4v) is 4.69. The van der Waals surface area contributed by atoms with Gasteiger partial charge < -0.3 is 20.0 Å². The van der Waals surface area contributed by atoms with E-state index in [1.54, 1.807) is 19.3 Å². The van der Waals surface area contributed by atoms with Crippen LogP contribution in [0.1, 0.15) is 44.9 Å². The number of anilines is 1. The van der Waals surface area contributed by atoms with Gasteiger partial charge in [-0.3, -0.25) is 0 Å². The molecule has 8 nitrogen and oxygen atoms in total. The number of imidazole rings is 1. The molecule has 1 saturated carbocycles. The molecule has 0 bridgehead atoms. The van der Waals surface area contributed by atoms with Gasteiger partial charge in [0.2, 0.25) is 5.95 Å². The van der Waals surface area contributed by atoms with Crippen LogP contribution in [0.2, 0.25) is 0 Å². The lowest BCUT2D eigenvalue weighted by Gasteiger charge is -2.35. The molecule has 33 heavy (non-hydrogen) atoms. The number of pyridine rings is 1. The van der Waals surface area contributed by atoms with E-state index in [1.165, 1.54) is 4.57 Å². The third kappa shape index (κ3) is 4.15. The predicted octanol–water partition coefficient (Wildman–Crippen LogP) is 4.44. The molecule has 5 rings (SSSR count). The Bertz CT molecular complexity index is 1290. The second-order valence-corrected chi connectivity index (χ2v) is 8.88. The van der Waals surface area contributed by atoms with Crippen molar-refractivity contribution >= 4 is 28.1 Å². The first-order chi connectivity index (χ1) is 15.8. The summed E-state index contributed by atoms with van der Waals surface area (Å²) in [5.74, 6) is 1.05. The van der Waals surface area contributed by atoms with E-state index in [9.17, 15) is 13.9 Å². The van der Waals surface area contributed by atoms with Crippen LogP contribution in [0.5, 0.6) is 0 Å². The van der Waals surface area contributed by atoms with Crippen molar-refractivity contribution in [2.24, 2.45) is 0 Å². The number of aromatic amines is 1. The van der Waals surface area contributed by atoms with Crippen LogP contribution in [0.25, 0.3) is 33.3 Å². The number of nitrogens with one attached hydrogen (secondary N) is 2. The van der Waals surface area contributed by atoms with Gasteiger partial charge in [-0.05, 0) is 45.1 Å². The lowest BCUT2D eigenvalue weighted by molar-refractivity contribution is -0.00198. The van der Waals surface area contributed by atoms with Crippen molar-refractivity contribution in [1.29, 1.82) is 0 Å². The Labute approximate surface area is 189 Å². The van der Waals surface area contributed by atoms with Crippen molar-refractivity contribution in [3.8, 4) is 11.1 Å². The molecule has 4 heterocycles. The third-order valence-corrected chi connectivity index (χ3v) is 6.77. The largest absolute Gasteiger partial charge is 0.390 e. The Morgan fingerprint density at radius 1 is 1.24 bits per heavy atom. The van der Waals surface area contributed by atoms with Gasteiger partial charge in [0.25, 0.3) is 6.43 Å². The molecule has 0 aromatic carbocycles. The SMILES string of the molecule is CC[C@]1(O)CC[C@@H](Nc2ncc3c(-c4cnc5nc(C)n(CC(F)F)c5c4)c[nH]c3n2)CC1. The smallest absolute Gasteiger partial charge is 0.256 e. The summed E-state index contributed by atoms with van der Waals surface area (Å²) in [6.45, 7) is 3.30. The quantitative estimate of drug-likeness (QED) is 0.397. The Morgan fingerprint density at radius 2 is 2.03 bits per heavy atom. The maximum Gasteiger partial charge on any atom is 0.256 e. The van der Waals surface area contributed by atoms with Gasteiger partial charge in [-0.2, -0.15) is 4.98 Å². The molecule has 174 valence electrons. The van der Waals surface area contributed by atoms with E-state index in [-0.39, 0.29) is 6.04 Å². The van der Waals surface area contributed by atoms with E-state index in [1.807, 2.05) is 19.2 Å². The topological polar surface area (TPSA) is 105 Å². The molecule has 0 unspecified atom stereocenters. The highest BCUT2D eigenvalue weighted by atomic mass is 19.3. The average Bonchev–Trinajstić information content (AvgIpc) is 3.35. The molecule has 10 heteroatoms. The van der Waals surface area contributed by atoms with Crippen molar-refractivity contribution < 1.29 is 13.9 Å². The Hall–Kier alpha value is -3.14. The summed E-state index contributed by atoms with van der Waals surface area (Å²) in [5.41, 5.74) is 2.78. The summed E-state index contributed by atoms with van der Waals surface area (Å²) in [5, 5.41) is 14.6. The summed E-state index contributed by atoms with van der Waals surface area (Å²) in [4.78, 5) is 21.0. The van der Waals surface area contributed by atoms with Gasteiger partial charge in [-0.1, -0.05) is 6.92 Å². The first-order valence-electron chi connectivity index (χ1n) is 11.3. The van der Waals surface area contributed by atoms with Gasteiger partial charge in [0.15, 0.2) is 5.65 Å². The summed E-state index contributed by atoms with van der Waals surface area (Å²) in [7, 11) is 0. The van der Waals surface area contributed by atoms with Gasteiger partial charge in [0, 0.05) is 41.1 Å². The molecule has 0 radical (unpaired) electrons. The van der Waals surface area contributed by atoms with E-state index in [0.29, 0.717) is 28.6 Å². The van der Waals surface area contributed by atoms with E-state index < -0.39 is 18.6 Å². The standard InChI is InChI=1S/C23H27F2N7O/c1-3-23(33)6-4-15(5-7-23)30-22-28-11-17-16(10-27-20(17)31-22)14-8-18-21(26-9-14)29-13(2)32(18)12-19(24)25/h8-11,15,19,33H,3-7,12H2,1-2H3,(H2,27,28,30,31)/t15-,23+. The summed E-state index contributed by atoms with van der Waals surface area (Å²) in [6.07, 6.45) is 6.86. The Balaban J connectivity index is 1.40. The van der Waals surface area contributed by atoms with Crippen LogP contribution in [0.15, 0.2) is 24.7 Å². The van der Waals surface area contributed by atoms with Crippen molar-refractivity contribution in [3.63, 3.8) is 0 Å². The fourth-order valence-electron chi connectivity index (χ4n) is 4.69. The van der Waals surface area contributed by atoms with Crippen LogP contribution in [-0.4, -0.2) is 52.7 Å². The number of aromatic nitrogens is 6. The molecule has 1 fully saturated rings. The maximum atomic E-state index is 13.0. The monoisotopic (exact) mass is 455 g/mol. The second kappa shape index (κ2) is 8.33. The normalized spacial score (nSPS) is 21.3. The Morgan fingerprint density at radius 3 is 2.76 bits per heavy atom. The van der Waals surface area contributed by atoms with Crippen LogP contribution in [0.3, 0.4) is 0 Å². The number of alkyl halides is 2. The van der Waals surface area contributed by atoms with Crippen LogP contribution < -0.4 is 5.32 Å². The first kappa shape index (κ1) is 21.7. The van der Waals surface area contributed by atoms with Gasteiger partial charge in [-0.25, -0.2) is 23.7 Å².